The highest BCUT2D eigenvalue weighted by Crippen LogP contribution is 2.39. The lowest BCUT2D eigenvalue weighted by Gasteiger charge is -2.14. The second-order valence-electron chi connectivity index (χ2n) is 4.58. The quantitative estimate of drug-likeness (QED) is 0.925. The molecule has 19 heavy (non-hydrogen) atoms. The number of pyridine rings is 1. The monoisotopic (exact) mass is 297 g/mol. The molecule has 4 nitrogen and oxygen atoms in total. The minimum Gasteiger partial charge on any atom is -0.477 e. The van der Waals surface area contributed by atoms with E-state index in [0.717, 1.165) is 18.9 Å². The Kier molecular flexibility index (Phi) is 2.80. The number of halogens is 2. The van der Waals surface area contributed by atoms with Crippen LogP contribution in [0.3, 0.4) is 0 Å². The van der Waals surface area contributed by atoms with Gasteiger partial charge in [-0.2, -0.15) is 0 Å². The van der Waals surface area contributed by atoms with Gasteiger partial charge in [0, 0.05) is 17.1 Å². The normalized spacial score (nSPS) is 14.8. The van der Waals surface area contributed by atoms with Crippen molar-refractivity contribution in [1.82, 2.24) is 4.57 Å². The summed E-state index contributed by atoms with van der Waals surface area (Å²) in [5, 5.41) is 10.2. The van der Waals surface area contributed by atoms with Gasteiger partial charge in [-0.25, -0.2) is 4.79 Å². The molecule has 1 aromatic heterocycles. The number of aromatic nitrogens is 1. The maximum atomic E-state index is 12.0. The van der Waals surface area contributed by atoms with Crippen LogP contribution in [0.5, 0.6) is 0 Å². The highest BCUT2D eigenvalue weighted by Gasteiger charge is 2.29. The third kappa shape index (κ3) is 2.01. The zero-order valence-corrected chi connectivity index (χ0v) is 11.2. The van der Waals surface area contributed by atoms with Crippen molar-refractivity contribution < 1.29 is 9.90 Å². The van der Waals surface area contributed by atoms with E-state index in [1.165, 1.54) is 6.07 Å². The van der Waals surface area contributed by atoms with Crippen LogP contribution >= 0.6 is 23.2 Å². The van der Waals surface area contributed by atoms with Gasteiger partial charge in [-0.05, 0) is 25.0 Å². The lowest BCUT2D eigenvalue weighted by atomic mass is 10.1. The van der Waals surface area contributed by atoms with Crippen LogP contribution < -0.4 is 5.43 Å². The average Bonchev–Trinajstić information content (AvgIpc) is 3.11. The lowest BCUT2D eigenvalue weighted by molar-refractivity contribution is 0.0684. The third-order valence-electron chi connectivity index (χ3n) is 3.20. The second-order valence-corrected chi connectivity index (χ2v) is 5.43. The Balaban J connectivity index is 2.51. The largest absolute Gasteiger partial charge is 0.477 e. The zero-order chi connectivity index (χ0) is 13.7. The van der Waals surface area contributed by atoms with E-state index in [2.05, 4.69) is 0 Å². The number of rotatable bonds is 2. The first-order chi connectivity index (χ1) is 8.99. The first kappa shape index (κ1) is 12.5. The number of hydrogen-bond donors (Lipinski definition) is 1. The van der Waals surface area contributed by atoms with E-state index in [4.69, 9.17) is 23.2 Å². The first-order valence-corrected chi connectivity index (χ1v) is 6.52. The number of hydrogen-bond acceptors (Lipinski definition) is 2. The molecule has 0 spiro atoms. The van der Waals surface area contributed by atoms with Crippen molar-refractivity contribution in [3.8, 4) is 0 Å². The maximum absolute atomic E-state index is 12.0. The molecule has 0 aliphatic heterocycles. The van der Waals surface area contributed by atoms with Crippen LogP contribution in [-0.2, 0) is 0 Å². The van der Waals surface area contributed by atoms with Gasteiger partial charge in [-0.3, -0.25) is 4.79 Å². The van der Waals surface area contributed by atoms with Crippen molar-refractivity contribution in [2.24, 2.45) is 0 Å². The standard InChI is InChI=1S/C13H9Cl2NO3/c14-6-3-8(15)12-9(4-6)16(7-1-2-7)10(13(18)19)5-11(12)17/h3-5,7H,1-2H2,(H,18,19). The van der Waals surface area contributed by atoms with Gasteiger partial charge in [0.1, 0.15) is 5.69 Å². The molecule has 6 heteroatoms. The molecule has 2 aromatic rings. The molecule has 0 radical (unpaired) electrons. The van der Waals surface area contributed by atoms with E-state index < -0.39 is 11.4 Å². The second kappa shape index (κ2) is 4.25. The highest BCUT2D eigenvalue weighted by molar-refractivity contribution is 6.38. The molecule has 1 aromatic carbocycles. The number of aromatic carboxylic acids is 1. The molecule has 98 valence electrons. The SMILES string of the molecule is O=C(O)c1cc(=O)c2c(Cl)cc(Cl)cc2n1C1CC1. The van der Waals surface area contributed by atoms with E-state index in [9.17, 15) is 14.7 Å². The lowest BCUT2D eigenvalue weighted by Crippen LogP contribution is -2.17. The third-order valence-corrected chi connectivity index (χ3v) is 3.71. The Hall–Kier alpha value is -1.52. The zero-order valence-electron chi connectivity index (χ0n) is 9.69. The summed E-state index contributed by atoms with van der Waals surface area (Å²) >= 11 is 12.0. The van der Waals surface area contributed by atoms with Crippen molar-refractivity contribution in [2.75, 3.05) is 0 Å². The number of carboxylic acids is 1. The summed E-state index contributed by atoms with van der Waals surface area (Å²) in [6, 6.07) is 4.31. The summed E-state index contributed by atoms with van der Waals surface area (Å²) in [5.41, 5.74) is 0.0780. The van der Waals surface area contributed by atoms with Gasteiger partial charge in [0.2, 0.25) is 0 Å². The Morgan fingerprint density at radius 1 is 1.26 bits per heavy atom. The molecule has 3 rings (SSSR count). The maximum Gasteiger partial charge on any atom is 0.352 e. The molecular formula is C13H9Cl2NO3. The molecule has 1 N–H and O–H groups in total. The number of carboxylic acid groups (broad SMARTS) is 1. The molecule has 0 amide bonds. The summed E-state index contributed by atoms with van der Waals surface area (Å²) < 4.78 is 1.65. The van der Waals surface area contributed by atoms with E-state index in [1.807, 2.05) is 0 Å². The molecule has 1 fully saturated rings. The summed E-state index contributed by atoms with van der Waals surface area (Å²) in [4.78, 5) is 23.3. The van der Waals surface area contributed by atoms with Gasteiger partial charge < -0.3 is 9.67 Å². The van der Waals surface area contributed by atoms with E-state index >= 15 is 0 Å². The number of carbonyl (C=O) groups is 1. The highest BCUT2D eigenvalue weighted by atomic mass is 35.5. The van der Waals surface area contributed by atoms with Gasteiger partial charge >= 0.3 is 5.97 Å². The van der Waals surface area contributed by atoms with Crippen LogP contribution in [0.4, 0.5) is 0 Å². The van der Waals surface area contributed by atoms with Crippen LogP contribution in [-0.4, -0.2) is 15.6 Å². The average molecular weight is 298 g/mol. The van der Waals surface area contributed by atoms with E-state index in [0.29, 0.717) is 15.9 Å². The van der Waals surface area contributed by atoms with Crippen molar-refractivity contribution in [2.45, 2.75) is 18.9 Å². The molecule has 1 aliphatic carbocycles. The smallest absolute Gasteiger partial charge is 0.352 e. The fraction of sp³-hybridized carbons (Fsp3) is 0.231. The van der Waals surface area contributed by atoms with Crippen LogP contribution in [0.2, 0.25) is 10.0 Å². The molecule has 1 heterocycles. The fourth-order valence-electron chi connectivity index (χ4n) is 2.28. The summed E-state index contributed by atoms with van der Waals surface area (Å²) in [6.07, 6.45) is 1.78. The van der Waals surface area contributed by atoms with Gasteiger partial charge in [0.25, 0.3) is 0 Å². The van der Waals surface area contributed by atoms with Crippen LogP contribution in [0.1, 0.15) is 29.4 Å². The van der Waals surface area contributed by atoms with Gasteiger partial charge in [0.15, 0.2) is 5.43 Å². The van der Waals surface area contributed by atoms with E-state index in [-0.39, 0.29) is 16.8 Å². The van der Waals surface area contributed by atoms with Crippen molar-refractivity contribution in [3.05, 3.63) is 44.2 Å². The number of benzene rings is 1. The predicted octanol–water partition coefficient (Wildman–Crippen LogP) is 3.34. The van der Waals surface area contributed by atoms with Crippen molar-refractivity contribution in [3.63, 3.8) is 0 Å². The molecule has 1 aliphatic rings. The Morgan fingerprint density at radius 3 is 2.53 bits per heavy atom. The predicted molar refractivity (Wildman–Crippen MR) is 73.5 cm³/mol. The summed E-state index contributed by atoms with van der Waals surface area (Å²) in [7, 11) is 0. The first-order valence-electron chi connectivity index (χ1n) is 5.76. The molecule has 0 atom stereocenters. The van der Waals surface area contributed by atoms with E-state index in [1.54, 1.807) is 10.6 Å². The Morgan fingerprint density at radius 2 is 1.95 bits per heavy atom. The van der Waals surface area contributed by atoms with Gasteiger partial charge in [-0.15, -0.1) is 0 Å². The minimum absolute atomic E-state index is 0.0154. The van der Waals surface area contributed by atoms with Crippen LogP contribution in [0, 0.1) is 0 Å². The molecule has 0 bridgehead atoms. The molecular weight excluding hydrogens is 289 g/mol. The molecule has 0 unspecified atom stereocenters. The molecule has 0 saturated heterocycles. The summed E-state index contributed by atoms with van der Waals surface area (Å²) in [5.74, 6) is -1.12. The number of nitrogens with zero attached hydrogens (tertiary/aromatic N) is 1. The topological polar surface area (TPSA) is 59.3 Å². The Bertz CT molecular complexity index is 763. The number of fused-ring (bicyclic) bond motifs is 1. The van der Waals surface area contributed by atoms with Gasteiger partial charge in [-0.1, -0.05) is 23.2 Å². The van der Waals surface area contributed by atoms with Gasteiger partial charge in [0.05, 0.1) is 15.9 Å². The van der Waals surface area contributed by atoms with Crippen molar-refractivity contribution >= 4 is 40.1 Å². The fourth-order valence-corrected chi connectivity index (χ4v) is 2.86. The molecule has 1 saturated carbocycles. The van der Waals surface area contributed by atoms with Crippen molar-refractivity contribution in [1.29, 1.82) is 0 Å². The Labute approximate surface area is 118 Å². The van der Waals surface area contributed by atoms with Crippen LogP contribution in [0.25, 0.3) is 10.9 Å². The van der Waals surface area contributed by atoms with Crippen LogP contribution in [0.15, 0.2) is 23.0 Å². The minimum atomic E-state index is -1.12. The summed E-state index contributed by atoms with van der Waals surface area (Å²) in [6.45, 7) is 0.